The molecule has 1 atom stereocenters. The highest BCUT2D eigenvalue weighted by molar-refractivity contribution is 5.92. The lowest BCUT2D eigenvalue weighted by molar-refractivity contribution is -0.145. The van der Waals surface area contributed by atoms with Crippen molar-refractivity contribution in [1.29, 1.82) is 0 Å². The molecule has 18 heavy (non-hydrogen) atoms. The number of rotatable bonds is 4. The summed E-state index contributed by atoms with van der Waals surface area (Å²) in [5.41, 5.74) is 0. The fourth-order valence-corrected chi connectivity index (χ4v) is 1.86. The standard InChI is InChI=1S/C11H18N2O5/c1-3-18-11(16)12-9(14)7-13-5-4-8(6-13)10(15)17-2/h8H,3-7H2,1-2H3,(H,12,14,16). The second-order valence-electron chi connectivity index (χ2n) is 4.01. The molecule has 1 unspecified atom stereocenters. The van der Waals surface area contributed by atoms with E-state index in [0.29, 0.717) is 19.5 Å². The Kier molecular flexibility index (Phi) is 5.57. The van der Waals surface area contributed by atoms with Gasteiger partial charge in [0.1, 0.15) is 0 Å². The first-order valence-electron chi connectivity index (χ1n) is 5.83. The normalized spacial score (nSPS) is 19.3. The van der Waals surface area contributed by atoms with E-state index in [2.05, 4.69) is 14.8 Å². The van der Waals surface area contributed by atoms with Crippen LogP contribution < -0.4 is 5.32 Å². The summed E-state index contributed by atoms with van der Waals surface area (Å²) in [7, 11) is 1.35. The van der Waals surface area contributed by atoms with Crippen molar-refractivity contribution in [2.45, 2.75) is 13.3 Å². The topological polar surface area (TPSA) is 84.9 Å². The molecule has 0 aromatic heterocycles. The zero-order chi connectivity index (χ0) is 13.5. The summed E-state index contributed by atoms with van der Waals surface area (Å²) in [4.78, 5) is 35.5. The zero-order valence-electron chi connectivity index (χ0n) is 10.6. The predicted molar refractivity (Wildman–Crippen MR) is 61.7 cm³/mol. The minimum Gasteiger partial charge on any atom is -0.469 e. The molecule has 0 radical (unpaired) electrons. The number of nitrogens with one attached hydrogen (secondary N) is 1. The minimum absolute atomic E-state index is 0.0757. The Balaban J connectivity index is 2.30. The van der Waals surface area contributed by atoms with E-state index in [0.717, 1.165) is 0 Å². The van der Waals surface area contributed by atoms with Gasteiger partial charge in [-0.25, -0.2) is 4.79 Å². The Morgan fingerprint density at radius 1 is 1.39 bits per heavy atom. The van der Waals surface area contributed by atoms with Crippen LogP contribution in [0.4, 0.5) is 4.79 Å². The maximum absolute atomic E-state index is 11.5. The summed E-state index contributed by atoms with van der Waals surface area (Å²) < 4.78 is 9.23. The van der Waals surface area contributed by atoms with Gasteiger partial charge in [0.2, 0.25) is 5.91 Å². The Morgan fingerprint density at radius 2 is 2.11 bits per heavy atom. The van der Waals surface area contributed by atoms with Gasteiger partial charge >= 0.3 is 12.1 Å². The third kappa shape index (κ3) is 4.33. The molecule has 1 fully saturated rings. The maximum Gasteiger partial charge on any atom is 0.413 e. The van der Waals surface area contributed by atoms with E-state index in [1.165, 1.54) is 7.11 Å². The number of ether oxygens (including phenoxy) is 2. The van der Waals surface area contributed by atoms with Gasteiger partial charge in [0, 0.05) is 6.54 Å². The van der Waals surface area contributed by atoms with Crippen LogP contribution >= 0.6 is 0 Å². The molecule has 1 rings (SSSR count). The summed E-state index contributed by atoms with van der Waals surface area (Å²) >= 11 is 0. The van der Waals surface area contributed by atoms with Gasteiger partial charge in [0.05, 0.1) is 26.2 Å². The molecule has 7 nitrogen and oxygen atoms in total. The van der Waals surface area contributed by atoms with Crippen LogP contribution in [0.2, 0.25) is 0 Å². The van der Waals surface area contributed by atoms with Crippen LogP contribution in [0.1, 0.15) is 13.3 Å². The number of hydrogen-bond donors (Lipinski definition) is 1. The number of likely N-dealkylation sites (tertiary alicyclic amines) is 1. The number of nitrogens with zero attached hydrogens (tertiary/aromatic N) is 1. The van der Waals surface area contributed by atoms with Gasteiger partial charge < -0.3 is 9.47 Å². The molecular weight excluding hydrogens is 240 g/mol. The molecule has 1 aliphatic rings. The monoisotopic (exact) mass is 258 g/mol. The van der Waals surface area contributed by atoms with Gasteiger partial charge in [-0.1, -0.05) is 0 Å². The van der Waals surface area contributed by atoms with Gasteiger partial charge in [0.15, 0.2) is 0 Å². The van der Waals surface area contributed by atoms with Crippen molar-refractivity contribution in [3.05, 3.63) is 0 Å². The number of imide groups is 1. The van der Waals surface area contributed by atoms with E-state index in [1.54, 1.807) is 11.8 Å². The fraction of sp³-hybridized carbons (Fsp3) is 0.727. The quantitative estimate of drug-likeness (QED) is 0.700. The Labute approximate surface area is 105 Å². The molecule has 1 N–H and O–H groups in total. The molecule has 1 heterocycles. The largest absolute Gasteiger partial charge is 0.469 e. The number of esters is 1. The molecular formula is C11H18N2O5. The van der Waals surface area contributed by atoms with Crippen molar-refractivity contribution in [3.8, 4) is 0 Å². The molecule has 102 valence electrons. The summed E-state index contributed by atoms with van der Waals surface area (Å²) in [6, 6.07) is 0. The summed E-state index contributed by atoms with van der Waals surface area (Å²) in [6.45, 7) is 3.06. The van der Waals surface area contributed by atoms with Crippen molar-refractivity contribution in [2.24, 2.45) is 5.92 Å². The van der Waals surface area contributed by atoms with E-state index in [9.17, 15) is 14.4 Å². The highest BCUT2D eigenvalue weighted by atomic mass is 16.5. The van der Waals surface area contributed by atoms with Crippen molar-refractivity contribution in [3.63, 3.8) is 0 Å². The molecule has 0 aromatic carbocycles. The lowest BCUT2D eigenvalue weighted by atomic mass is 10.1. The molecule has 0 saturated carbocycles. The molecule has 0 spiro atoms. The smallest absolute Gasteiger partial charge is 0.413 e. The second kappa shape index (κ2) is 6.95. The zero-order valence-corrected chi connectivity index (χ0v) is 10.6. The first-order valence-corrected chi connectivity index (χ1v) is 5.83. The van der Waals surface area contributed by atoms with Gasteiger partial charge in [-0.2, -0.15) is 0 Å². The van der Waals surface area contributed by atoms with Crippen LogP contribution in [0.5, 0.6) is 0 Å². The number of alkyl carbamates (subject to hydrolysis) is 1. The molecule has 0 aromatic rings. The number of amides is 2. The molecule has 2 amide bonds. The highest BCUT2D eigenvalue weighted by Crippen LogP contribution is 2.16. The van der Waals surface area contributed by atoms with Gasteiger partial charge in [-0.15, -0.1) is 0 Å². The number of carbonyl (C=O) groups excluding carboxylic acids is 3. The van der Waals surface area contributed by atoms with Crippen LogP contribution in [0.25, 0.3) is 0 Å². The molecule has 7 heteroatoms. The second-order valence-corrected chi connectivity index (χ2v) is 4.01. The SMILES string of the molecule is CCOC(=O)NC(=O)CN1CCC(C(=O)OC)C1. The maximum atomic E-state index is 11.5. The van der Waals surface area contributed by atoms with E-state index in [-0.39, 0.29) is 25.0 Å². The highest BCUT2D eigenvalue weighted by Gasteiger charge is 2.30. The van der Waals surface area contributed by atoms with Crippen LogP contribution in [0.3, 0.4) is 0 Å². The van der Waals surface area contributed by atoms with Gasteiger partial charge in [-0.05, 0) is 19.9 Å². The number of carbonyl (C=O) groups is 3. The first-order chi connectivity index (χ1) is 8.56. The molecule has 0 bridgehead atoms. The van der Waals surface area contributed by atoms with Gasteiger partial charge in [-0.3, -0.25) is 19.8 Å². The predicted octanol–water partition coefficient (Wildman–Crippen LogP) is -0.246. The van der Waals surface area contributed by atoms with E-state index in [4.69, 9.17) is 0 Å². The Bertz CT molecular complexity index is 331. The van der Waals surface area contributed by atoms with Crippen LogP contribution in [-0.4, -0.2) is 56.2 Å². The lowest BCUT2D eigenvalue weighted by Gasteiger charge is -2.14. The minimum atomic E-state index is -0.744. The Hall–Kier alpha value is -1.63. The summed E-state index contributed by atoms with van der Waals surface area (Å²) in [6.07, 6.45) is -0.0782. The molecule has 0 aliphatic carbocycles. The van der Waals surface area contributed by atoms with E-state index >= 15 is 0 Å². The molecule has 1 saturated heterocycles. The third-order valence-corrected chi connectivity index (χ3v) is 2.69. The fourth-order valence-electron chi connectivity index (χ4n) is 1.86. The third-order valence-electron chi connectivity index (χ3n) is 2.69. The van der Waals surface area contributed by atoms with Crippen molar-refractivity contribution in [2.75, 3.05) is 33.4 Å². The first kappa shape index (κ1) is 14.4. The molecule has 1 aliphatic heterocycles. The van der Waals surface area contributed by atoms with E-state index in [1.807, 2.05) is 0 Å². The van der Waals surface area contributed by atoms with Crippen LogP contribution in [0, 0.1) is 5.92 Å². The summed E-state index contributed by atoms with van der Waals surface area (Å²) in [5, 5.41) is 2.11. The summed E-state index contributed by atoms with van der Waals surface area (Å²) in [5.74, 6) is -0.882. The van der Waals surface area contributed by atoms with Gasteiger partial charge in [0.25, 0.3) is 0 Å². The van der Waals surface area contributed by atoms with Crippen molar-refractivity contribution >= 4 is 18.0 Å². The van der Waals surface area contributed by atoms with E-state index < -0.39 is 12.0 Å². The number of methoxy groups -OCH3 is 1. The Morgan fingerprint density at radius 3 is 2.72 bits per heavy atom. The van der Waals surface area contributed by atoms with Crippen molar-refractivity contribution < 1.29 is 23.9 Å². The van der Waals surface area contributed by atoms with Crippen LogP contribution in [-0.2, 0) is 19.1 Å². The lowest BCUT2D eigenvalue weighted by Crippen LogP contribution is -2.39. The average molecular weight is 258 g/mol. The number of hydrogen-bond acceptors (Lipinski definition) is 6. The average Bonchev–Trinajstić information content (AvgIpc) is 2.76. The van der Waals surface area contributed by atoms with Crippen LogP contribution in [0.15, 0.2) is 0 Å². The van der Waals surface area contributed by atoms with Crippen molar-refractivity contribution in [1.82, 2.24) is 10.2 Å².